The number of benzene rings is 2. The van der Waals surface area contributed by atoms with E-state index in [1.807, 2.05) is 42.5 Å². The molecule has 1 aromatic heterocycles. The van der Waals surface area contributed by atoms with E-state index in [4.69, 9.17) is 16.3 Å². The van der Waals surface area contributed by atoms with Crippen LogP contribution in [0.25, 0.3) is 11.3 Å². The topological polar surface area (TPSA) is 117 Å². The van der Waals surface area contributed by atoms with Gasteiger partial charge in [-0.2, -0.15) is 0 Å². The molecule has 5 rings (SSSR count). The van der Waals surface area contributed by atoms with Crippen molar-refractivity contribution in [2.24, 2.45) is 0 Å². The number of halogens is 1. The van der Waals surface area contributed by atoms with Crippen LogP contribution in [-0.4, -0.2) is 64.2 Å². The number of aliphatic hydroxyl groups is 1. The molecule has 2 aromatic carbocycles. The molecule has 2 aliphatic rings. The summed E-state index contributed by atoms with van der Waals surface area (Å²) in [5.74, 6) is -0.0187. The zero-order valence-corrected chi connectivity index (χ0v) is 21.7. The Morgan fingerprint density at radius 2 is 1.97 bits per heavy atom. The maximum atomic E-state index is 13.2. The number of amides is 2. The fourth-order valence-corrected chi connectivity index (χ4v) is 5.05. The number of anilines is 1. The molecule has 0 unspecified atom stereocenters. The third-order valence-electron chi connectivity index (χ3n) is 6.85. The molecule has 0 bridgehead atoms. The minimum Gasteiger partial charge on any atom is -0.396 e. The van der Waals surface area contributed by atoms with Crippen molar-refractivity contribution >= 4 is 29.4 Å². The number of nitrogens with one attached hydrogen (secondary N) is 2. The van der Waals surface area contributed by atoms with Crippen LogP contribution in [0.3, 0.4) is 0 Å². The van der Waals surface area contributed by atoms with E-state index in [-0.39, 0.29) is 37.0 Å². The van der Waals surface area contributed by atoms with Crippen molar-refractivity contribution in [2.45, 2.75) is 37.9 Å². The van der Waals surface area contributed by atoms with Crippen LogP contribution in [0.2, 0.25) is 5.02 Å². The average molecular weight is 536 g/mol. The van der Waals surface area contributed by atoms with E-state index in [9.17, 15) is 14.7 Å². The quantitative estimate of drug-likeness (QED) is 0.383. The summed E-state index contributed by atoms with van der Waals surface area (Å²) in [6.07, 6.45) is 3.71. The Morgan fingerprint density at radius 3 is 2.74 bits per heavy atom. The molecule has 3 heterocycles. The van der Waals surface area contributed by atoms with Crippen LogP contribution in [0.4, 0.5) is 5.95 Å². The third-order valence-corrected chi connectivity index (χ3v) is 7.13. The van der Waals surface area contributed by atoms with E-state index >= 15 is 0 Å². The Labute approximate surface area is 226 Å². The van der Waals surface area contributed by atoms with Crippen LogP contribution in [-0.2, 0) is 16.1 Å². The third kappa shape index (κ3) is 5.96. The van der Waals surface area contributed by atoms with Crippen LogP contribution in [0.1, 0.15) is 46.8 Å². The first-order chi connectivity index (χ1) is 18.5. The maximum absolute atomic E-state index is 13.2. The van der Waals surface area contributed by atoms with Gasteiger partial charge in [-0.3, -0.25) is 9.59 Å². The van der Waals surface area contributed by atoms with Crippen LogP contribution in [0.5, 0.6) is 0 Å². The molecule has 1 saturated heterocycles. The predicted molar refractivity (Wildman–Crippen MR) is 144 cm³/mol. The summed E-state index contributed by atoms with van der Waals surface area (Å²) in [6, 6.07) is 14.9. The number of hydrogen-bond acceptors (Lipinski definition) is 7. The Bertz CT molecular complexity index is 1300. The van der Waals surface area contributed by atoms with Crippen molar-refractivity contribution in [1.82, 2.24) is 20.2 Å². The molecule has 9 nitrogen and oxygen atoms in total. The van der Waals surface area contributed by atoms with Crippen molar-refractivity contribution in [3.8, 4) is 11.3 Å². The first-order valence-electron chi connectivity index (χ1n) is 12.8. The van der Waals surface area contributed by atoms with Crippen molar-refractivity contribution in [3.05, 3.63) is 76.4 Å². The van der Waals surface area contributed by atoms with Gasteiger partial charge in [0.25, 0.3) is 5.91 Å². The van der Waals surface area contributed by atoms with Crippen LogP contribution in [0, 0.1) is 0 Å². The number of aliphatic hydroxyl groups excluding tert-OH is 1. The lowest BCUT2D eigenvalue weighted by atomic mass is 10.0. The number of hydrogen-bond donors (Lipinski definition) is 3. The largest absolute Gasteiger partial charge is 0.396 e. The van der Waals surface area contributed by atoms with E-state index in [1.165, 1.54) is 4.90 Å². The highest BCUT2D eigenvalue weighted by atomic mass is 35.5. The van der Waals surface area contributed by atoms with Gasteiger partial charge in [0.05, 0.1) is 23.0 Å². The highest BCUT2D eigenvalue weighted by Gasteiger charge is 2.30. The molecule has 0 saturated carbocycles. The van der Waals surface area contributed by atoms with Crippen molar-refractivity contribution in [3.63, 3.8) is 0 Å². The monoisotopic (exact) mass is 535 g/mol. The Balaban J connectivity index is 1.28. The zero-order chi connectivity index (χ0) is 26.5. The molecule has 198 valence electrons. The van der Waals surface area contributed by atoms with Gasteiger partial charge in [0.2, 0.25) is 11.9 Å². The van der Waals surface area contributed by atoms with Gasteiger partial charge in [-0.05, 0) is 36.5 Å². The lowest BCUT2D eigenvalue weighted by Gasteiger charge is -2.23. The lowest BCUT2D eigenvalue weighted by molar-refractivity contribution is -0.122. The van der Waals surface area contributed by atoms with Gasteiger partial charge in [0, 0.05) is 43.5 Å². The standard InChI is InChI=1S/C28H30ClN5O4/c29-23-15-30-28(31-21-9-12-38-13-10-21)33-26(23)19-6-7-20-16-34(27(37)22(20)14-19)17-25(36)32-24(8-11-35)18-4-2-1-3-5-18/h1-7,14-15,21,24,35H,8-13,16-17H2,(H,32,36)(H,30,31,33)/t24-/m1/s1. The van der Waals surface area contributed by atoms with Gasteiger partial charge in [-0.25, -0.2) is 9.97 Å². The van der Waals surface area contributed by atoms with Crippen LogP contribution < -0.4 is 10.6 Å². The first-order valence-corrected chi connectivity index (χ1v) is 13.1. The molecule has 0 spiro atoms. The molecule has 0 aliphatic carbocycles. The lowest BCUT2D eigenvalue weighted by Crippen LogP contribution is -2.39. The summed E-state index contributed by atoms with van der Waals surface area (Å²) in [7, 11) is 0. The number of ether oxygens (including phenoxy) is 1. The molecule has 3 aromatic rings. The number of fused-ring (bicyclic) bond motifs is 1. The second-order valence-electron chi connectivity index (χ2n) is 9.50. The number of aromatic nitrogens is 2. The van der Waals surface area contributed by atoms with Gasteiger partial charge in [0.1, 0.15) is 6.54 Å². The number of carbonyl (C=O) groups excluding carboxylic acids is 2. The van der Waals surface area contributed by atoms with Crippen molar-refractivity contribution in [2.75, 3.05) is 31.7 Å². The second-order valence-corrected chi connectivity index (χ2v) is 9.90. The van der Waals surface area contributed by atoms with Gasteiger partial charge in [0.15, 0.2) is 0 Å². The summed E-state index contributed by atoms with van der Waals surface area (Å²) in [6.45, 7) is 1.60. The molecule has 10 heteroatoms. The van der Waals surface area contributed by atoms with Crippen molar-refractivity contribution < 1.29 is 19.4 Å². The number of nitrogens with zero attached hydrogens (tertiary/aromatic N) is 3. The van der Waals surface area contributed by atoms with E-state index in [0.717, 1.165) is 24.0 Å². The summed E-state index contributed by atoms with van der Waals surface area (Å²) in [5, 5.41) is 16.1. The maximum Gasteiger partial charge on any atom is 0.254 e. The average Bonchev–Trinajstić information content (AvgIpc) is 3.24. The predicted octanol–water partition coefficient (Wildman–Crippen LogP) is 3.58. The SMILES string of the molecule is O=C(CN1Cc2ccc(-c3nc(NC4CCOCC4)ncc3Cl)cc2C1=O)N[C@H](CCO)c1ccccc1. The molecule has 2 aliphatic heterocycles. The molecule has 3 N–H and O–H groups in total. The van der Waals surface area contributed by atoms with Gasteiger partial charge in [-0.1, -0.05) is 54.1 Å². The molecule has 1 atom stereocenters. The smallest absolute Gasteiger partial charge is 0.254 e. The molecule has 0 radical (unpaired) electrons. The van der Waals surface area contributed by atoms with E-state index < -0.39 is 0 Å². The molecular formula is C28H30ClN5O4. The minimum atomic E-state index is -0.329. The number of rotatable bonds is 9. The Kier molecular flexibility index (Phi) is 8.17. The molecule has 38 heavy (non-hydrogen) atoms. The van der Waals surface area contributed by atoms with Crippen LogP contribution in [0.15, 0.2) is 54.7 Å². The first kappa shape index (κ1) is 26.1. The van der Waals surface area contributed by atoms with Crippen LogP contribution >= 0.6 is 11.6 Å². The summed E-state index contributed by atoms with van der Waals surface area (Å²) >= 11 is 6.44. The second kappa shape index (κ2) is 11.9. The molecule has 1 fully saturated rings. The van der Waals surface area contributed by atoms with Gasteiger partial charge in [-0.15, -0.1) is 0 Å². The zero-order valence-electron chi connectivity index (χ0n) is 20.9. The summed E-state index contributed by atoms with van der Waals surface area (Å²) in [5.41, 5.74) is 3.52. The normalized spacial score (nSPS) is 16.3. The number of carbonyl (C=O) groups is 2. The summed E-state index contributed by atoms with van der Waals surface area (Å²) < 4.78 is 5.41. The minimum absolute atomic E-state index is 0.0609. The van der Waals surface area contributed by atoms with E-state index in [0.29, 0.717) is 54.0 Å². The van der Waals surface area contributed by atoms with E-state index in [1.54, 1.807) is 12.3 Å². The fraction of sp³-hybridized carbons (Fsp3) is 0.357. The van der Waals surface area contributed by atoms with Crippen molar-refractivity contribution in [1.29, 1.82) is 0 Å². The molecule has 2 amide bonds. The van der Waals surface area contributed by atoms with E-state index in [2.05, 4.69) is 20.6 Å². The Hall–Kier alpha value is -3.53. The fourth-order valence-electron chi connectivity index (χ4n) is 4.85. The molecular weight excluding hydrogens is 506 g/mol. The van der Waals surface area contributed by atoms with Gasteiger partial charge < -0.3 is 25.4 Å². The highest BCUT2D eigenvalue weighted by molar-refractivity contribution is 6.33. The Morgan fingerprint density at radius 1 is 1.18 bits per heavy atom. The van der Waals surface area contributed by atoms with Gasteiger partial charge >= 0.3 is 0 Å². The highest BCUT2D eigenvalue weighted by Crippen LogP contribution is 2.31. The summed E-state index contributed by atoms with van der Waals surface area (Å²) in [4.78, 5) is 36.5.